The van der Waals surface area contributed by atoms with Gasteiger partial charge in [-0.3, -0.25) is 0 Å². The Morgan fingerprint density at radius 3 is 2.62 bits per heavy atom. The van der Waals surface area contributed by atoms with E-state index in [1.54, 1.807) is 6.07 Å². The number of benzene rings is 1. The van der Waals surface area contributed by atoms with Crippen molar-refractivity contribution in [3.63, 3.8) is 0 Å². The minimum absolute atomic E-state index is 0.00621. The van der Waals surface area contributed by atoms with Crippen LogP contribution in [0.5, 0.6) is 0 Å². The fourth-order valence-corrected chi connectivity index (χ4v) is 2.37. The minimum atomic E-state index is -0.354. The number of hydrogen-bond donors (Lipinski definition) is 0. The summed E-state index contributed by atoms with van der Waals surface area (Å²) >= 11 is 11.9. The predicted molar refractivity (Wildman–Crippen MR) is 68.8 cm³/mol. The van der Waals surface area contributed by atoms with Crippen LogP contribution in [-0.2, 0) is 6.42 Å². The van der Waals surface area contributed by atoms with Crippen LogP contribution < -0.4 is 0 Å². The van der Waals surface area contributed by atoms with Crippen molar-refractivity contribution in [2.24, 2.45) is 5.41 Å². The second kappa shape index (κ2) is 5.88. The molecule has 1 aromatic rings. The SMILES string of the molecule is CCCC(C)(CCl)Cc1cccc(F)c1Cl. The third kappa shape index (κ3) is 3.36. The van der Waals surface area contributed by atoms with Gasteiger partial charge in [-0.2, -0.15) is 0 Å². The maximum absolute atomic E-state index is 13.3. The molecule has 0 spiro atoms. The van der Waals surface area contributed by atoms with Crippen LogP contribution in [0.4, 0.5) is 4.39 Å². The van der Waals surface area contributed by atoms with Crippen LogP contribution in [0, 0.1) is 11.2 Å². The predicted octanol–water partition coefficient (Wildman–Crippen LogP) is 5.07. The summed E-state index contributed by atoms with van der Waals surface area (Å²) < 4.78 is 13.3. The molecule has 1 atom stereocenters. The van der Waals surface area contributed by atoms with Gasteiger partial charge in [-0.05, 0) is 29.9 Å². The zero-order valence-corrected chi connectivity index (χ0v) is 11.2. The molecule has 0 fully saturated rings. The van der Waals surface area contributed by atoms with Crippen molar-refractivity contribution in [3.05, 3.63) is 34.6 Å². The second-order valence-electron chi connectivity index (χ2n) is 4.58. The van der Waals surface area contributed by atoms with E-state index >= 15 is 0 Å². The Morgan fingerprint density at radius 1 is 1.38 bits per heavy atom. The number of alkyl halides is 1. The molecule has 90 valence electrons. The Morgan fingerprint density at radius 2 is 2.06 bits per heavy atom. The molecule has 16 heavy (non-hydrogen) atoms. The van der Waals surface area contributed by atoms with Crippen molar-refractivity contribution in [2.45, 2.75) is 33.1 Å². The van der Waals surface area contributed by atoms with Crippen molar-refractivity contribution in [1.29, 1.82) is 0 Å². The monoisotopic (exact) mass is 262 g/mol. The largest absolute Gasteiger partial charge is 0.205 e. The van der Waals surface area contributed by atoms with Crippen molar-refractivity contribution >= 4 is 23.2 Å². The summed E-state index contributed by atoms with van der Waals surface area (Å²) in [6.07, 6.45) is 2.81. The van der Waals surface area contributed by atoms with Crippen LogP contribution in [-0.4, -0.2) is 5.88 Å². The topological polar surface area (TPSA) is 0 Å². The van der Waals surface area contributed by atoms with Crippen molar-refractivity contribution < 1.29 is 4.39 Å². The Hall–Kier alpha value is -0.270. The van der Waals surface area contributed by atoms with Gasteiger partial charge in [0.15, 0.2) is 0 Å². The van der Waals surface area contributed by atoms with Gasteiger partial charge in [-0.25, -0.2) is 4.39 Å². The van der Waals surface area contributed by atoms with Crippen LogP contribution >= 0.6 is 23.2 Å². The van der Waals surface area contributed by atoms with Gasteiger partial charge < -0.3 is 0 Å². The first-order chi connectivity index (χ1) is 7.52. The summed E-state index contributed by atoms with van der Waals surface area (Å²) in [5, 5.41) is 0.231. The molecular weight excluding hydrogens is 246 g/mol. The fraction of sp³-hybridized carbons (Fsp3) is 0.538. The molecule has 0 radical (unpaired) electrons. The second-order valence-corrected chi connectivity index (χ2v) is 5.23. The van der Waals surface area contributed by atoms with Gasteiger partial charge in [0.1, 0.15) is 5.82 Å². The smallest absolute Gasteiger partial charge is 0.142 e. The number of hydrogen-bond acceptors (Lipinski definition) is 0. The van der Waals surface area contributed by atoms with Gasteiger partial charge in [0.2, 0.25) is 0 Å². The highest BCUT2D eigenvalue weighted by atomic mass is 35.5. The van der Waals surface area contributed by atoms with Crippen LogP contribution in [0.1, 0.15) is 32.3 Å². The zero-order chi connectivity index (χ0) is 12.2. The van der Waals surface area contributed by atoms with Crippen LogP contribution in [0.25, 0.3) is 0 Å². The quantitative estimate of drug-likeness (QED) is 0.651. The molecule has 0 aliphatic heterocycles. The lowest BCUT2D eigenvalue weighted by atomic mass is 9.81. The molecular formula is C13H17Cl2F. The van der Waals surface area contributed by atoms with Crippen molar-refractivity contribution in [1.82, 2.24) is 0 Å². The van der Waals surface area contributed by atoms with E-state index in [-0.39, 0.29) is 16.3 Å². The number of rotatable bonds is 5. The summed E-state index contributed by atoms with van der Waals surface area (Å²) in [6.45, 7) is 4.24. The molecule has 1 unspecified atom stereocenters. The van der Waals surface area contributed by atoms with Crippen LogP contribution in [0.3, 0.4) is 0 Å². The lowest BCUT2D eigenvalue weighted by molar-refractivity contribution is 0.334. The fourth-order valence-electron chi connectivity index (χ4n) is 1.95. The molecule has 0 aliphatic carbocycles. The first-order valence-electron chi connectivity index (χ1n) is 5.51. The molecule has 1 rings (SSSR count). The molecule has 0 bridgehead atoms. The highest BCUT2D eigenvalue weighted by molar-refractivity contribution is 6.31. The Labute approximate surface area is 107 Å². The Kier molecular flexibility index (Phi) is 5.07. The van der Waals surface area contributed by atoms with Gasteiger partial charge in [0.05, 0.1) is 5.02 Å². The summed E-state index contributed by atoms with van der Waals surface area (Å²) in [5.41, 5.74) is 0.839. The van der Waals surface area contributed by atoms with Gasteiger partial charge in [0.25, 0.3) is 0 Å². The molecule has 0 heterocycles. The van der Waals surface area contributed by atoms with Gasteiger partial charge in [-0.1, -0.05) is 44.0 Å². The maximum Gasteiger partial charge on any atom is 0.142 e. The average Bonchev–Trinajstić information content (AvgIpc) is 2.25. The van der Waals surface area contributed by atoms with Crippen LogP contribution in [0.15, 0.2) is 18.2 Å². The lowest BCUT2D eigenvalue weighted by Crippen LogP contribution is -2.21. The van der Waals surface area contributed by atoms with E-state index < -0.39 is 0 Å². The summed E-state index contributed by atoms with van der Waals surface area (Å²) in [7, 11) is 0. The van der Waals surface area contributed by atoms with Crippen LogP contribution in [0.2, 0.25) is 5.02 Å². The normalized spacial score (nSPS) is 14.8. The van der Waals surface area contributed by atoms with E-state index in [1.165, 1.54) is 6.07 Å². The Bertz CT molecular complexity index is 352. The molecule has 0 saturated carbocycles. The summed E-state index contributed by atoms with van der Waals surface area (Å²) in [5.74, 6) is 0.209. The highest BCUT2D eigenvalue weighted by Gasteiger charge is 2.24. The van der Waals surface area contributed by atoms with Gasteiger partial charge in [-0.15, -0.1) is 11.6 Å². The molecule has 0 aromatic heterocycles. The zero-order valence-electron chi connectivity index (χ0n) is 9.69. The van der Waals surface area contributed by atoms with Gasteiger partial charge in [0, 0.05) is 5.88 Å². The molecule has 1 aromatic carbocycles. The molecule has 0 aliphatic rings. The Balaban J connectivity index is 2.90. The van der Waals surface area contributed by atoms with Crippen molar-refractivity contribution in [2.75, 3.05) is 5.88 Å². The lowest BCUT2D eigenvalue weighted by Gasteiger charge is -2.27. The summed E-state index contributed by atoms with van der Waals surface area (Å²) in [6, 6.07) is 4.94. The summed E-state index contributed by atoms with van der Waals surface area (Å²) in [4.78, 5) is 0. The van der Waals surface area contributed by atoms with Crippen molar-refractivity contribution in [3.8, 4) is 0 Å². The highest BCUT2D eigenvalue weighted by Crippen LogP contribution is 2.32. The first kappa shape index (κ1) is 13.8. The molecule has 0 N–H and O–H groups in total. The van der Waals surface area contributed by atoms with E-state index in [9.17, 15) is 4.39 Å². The van der Waals surface area contributed by atoms with Gasteiger partial charge >= 0.3 is 0 Å². The first-order valence-corrected chi connectivity index (χ1v) is 6.42. The minimum Gasteiger partial charge on any atom is -0.205 e. The third-order valence-electron chi connectivity index (χ3n) is 2.82. The van der Waals surface area contributed by atoms with E-state index in [2.05, 4.69) is 13.8 Å². The van der Waals surface area contributed by atoms with E-state index in [1.807, 2.05) is 6.07 Å². The van der Waals surface area contributed by atoms with E-state index in [0.717, 1.165) is 24.8 Å². The molecule has 0 saturated heterocycles. The molecule has 3 heteroatoms. The molecule has 0 amide bonds. The number of halogens is 3. The molecule has 0 nitrogen and oxygen atoms in total. The third-order valence-corrected chi connectivity index (χ3v) is 3.89. The van der Waals surface area contributed by atoms with E-state index in [4.69, 9.17) is 23.2 Å². The van der Waals surface area contributed by atoms with E-state index in [0.29, 0.717) is 5.88 Å². The maximum atomic E-state index is 13.3. The average molecular weight is 263 g/mol. The standard InChI is InChI=1S/C13H17Cl2F/c1-3-7-13(2,9-14)8-10-5-4-6-11(16)12(10)15/h4-6H,3,7-9H2,1-2H3.